The summed E-state index contributed by atoms with van der Waals surface area (Å²) in [5.41, 5.74) is 1.79. The molecule has 1 atom stereocenters. The van der Waals surface area contributed by atoms with Crippen LogP contribution >= 0.6 is 34.7 Å². The van der Waals surface area contributed by atoms with Gasteiger partial charge in [0.05, 0.1) is 10.6 Å². The Morgan fingerprint density at radius 2 is 2.22 bits per heavy atom. The summed E-state index contributed by atoms with van der Waals surface area (Å²) < 4.78 is 1.56. The highest BCUT2D eigenvalue weighted by Crippen LogP contribution is 2.35. The molecule has 1 unspecified atom stereocenters. The third-order valence-electron chi connectivity index (χ3n) is 4.65. The number of nitrogens with one attached hydrogen (secondary N) is 1. The van der Waals surface area contributed by atoms with Crippen molar-refractivity contribution in [2.75, 3.05) is 5.32 Å². The first-order valence-electron chi connectivity index (χ1n) is 8.68. The Kier molecular flexibility index (Phi) is 5.01. The number of thiophene rings is 1. The quantitative estimate of drug-likeness (QED) is 0.507. The van der Waals surface area contributed by atoms with Crippen LogP contribution in [0, 0.1) is 0 Å². The van der Waals surface area contributed by atoms with Gasteiger partial charge in [-0.2, -0.15) is 0 Å². The number of benzene rings is 1. The fourth-order valence-corrected chi connectivity index (χ4v) is 5.60. The molecule has 8 heteroatoms. The van der Waals surface area contributed by atoms with Crippen LogP contribution in [0.4, 0.5) is 5.69 Å². The maximum absolute atomic E-state index is 12.9. The Balaban J connectivity index is 1.58. The largest absolute Gasteiger partial charge is 0.325 e. The Morgan fingerprint density at radius 1 is 1.41 bits per heavy atom. The van der Waals surface area contributed by atoms with Crippen LogP contribution in [-0.2, 0) is 24.7 Å². The van der Waals surface area contributed by atoms with Crippen molar-refractivity contribution in [3.05, 3.63) is 50.1 Å². The minimum atomic E-state index is -0.411. The highest BCUT2D eigenvalue weighted by molar-refractivity contribution is 8.00. The van der Waals surface area contributed by atoms with E-state index in [0.717, 1.165) is 29.5 Å². The van der Waals surface area contributed by atoms with Gasteiger partial charge in [-0.05, 0) is 49.9 Å². The third kappa shape index (κ3) is 3.51. The summed E-state index contributed by atoms with van der Waals surface area (Å²) in [5, 5.41) is 4.32. The Labute approximate surface area is 169 Å². The van der Waals surface area contributed by atoms with E-state index in [1.165, 1.54) is 22.2 Å². The second-order valence-electron chi connectivity index (χ2n) is 6.56. The van der Waals surface area contributed by atoms with Crippen molar-refractivity contribution in [1.29, 1.82) is 0 Å². The first-order chi connectivity index (χ1) is 12.9. The third-order valence-corrected chi connectivity index (χ3v) is 7.21. The van der Waals surface area contributed by atoms with Crippen molar-refractivity contribution in [2.45, 2.75) is 36.6 Å². The fraction of sp³-hybridized carbons (Fsp3) is 0.316. The standard InChI is InChI=1S/C19H18ClN3O2S2/c1-10(16(24)21-12-6-3-5-11(20)9-12)26-19-22-17-15(18(25)23(19)2)13-7-4-8-14(13)27-17/h3,5-6,9-10H,4,7-8H2,1-2H3,(H,21,24). The topological polar surface area (TPSA) is 64.0 Å². The van der Waals surface area contributed by atoms with Gasteiger partial charge in [-0.15, -0.1) is 11.3 Å². The number of anilines is 1. The van der Waals surface area contributed by atoms with Gasteiger partial charge in [-0.1, -0.05) is 29.4 Å². The molecule has 2 heterocycles. The minimum absolute atomic E-state index is 0.0238. The lowest BCUT2D eigenvalue weighted by atomic mass is 10.2. The van der Waals surface area contributed by atoms with Gasteiger partial charge in [0.2, 0.25) is 5.91 Å². The molecule has 4 rings (SSSR count). The van der Waals surface area contributed by atoms with E-state index in [0.29, 0.717) is 15.9 Å². The van der Waals surface area contributed by atoms with E-state index in [1.807, 2.05) is 0 Å². The van der Waals surface area contributed by atoms with E-state index in [1.54, 1.807) is 54.1 Å². The molecule has 0 bridgehead atoms. The highest BCUT2D eigenvalue weighted by Gasteiger charge is 2.24. The Bertz CT molecular complexity index is 1110. The van der Waals surface area contributed by atoms with E-state index in [2.05, 4.69) is 10.3 Å². The van der Waals surface area contributed by atoms with Crippen molar-refractivity contribution in [1.82, 2.24) is 9.55 Å². The molecule has 2 aromatic heterocycles. The molecule has 0 saturated carbocycles. The summed E-state index contributed by atoms with van der Waals surface area (Å²) in [6.07, 6.45) is 3.09. The number of aryl methyl sites for hydroxylation is 2. The average molecular weight is 420 g/mol. The molecule has 1 aliphatic carbocycles. The molecule has 0 saturated heterocycles. The second kappa shape index (κ2) is 7.30. The molecular formula is C19H18ClN3O2S2. The molecule has 1 N–H and O–H groups in total. The van der Waals surface area contributed by atoms with Crippen molar-refractivity contribution in [3.8, 4) is 0 Å². The molecule has 27 heavy (non-hydrogen) atoms. The lowest BCUT2D eigenvalue weighted by molar-refractivity contribution is -0.115. The van der Waals surface area contributed by atoms with Gasteiger partial charge in [0.15, 0.2) is 5.16 Å². The van der Waals surface area contributed by atoms with Crippen molar-refractivity contribution in [3.63, 3.8) is 0 Å². The average Bonchev–Trinajstić information content (AvgIpc) is 3.20. The van der Waals surface area contributed by atoms with Gasteiger partial charge >= 0.3 is 0 Å². The van der Waals surface area contributed by atoms with E-state index in [4.69, 9.17) is 11.6 Å². The molecule has 140 valence electrons. The van der Waals surface area contributed by atoms with Crippen LogP contribution < -0.4 is 10.9 Å². The number of rotatable bonds is 4. The Morgan fingerprint density at radius 3 is 3.00 bits per heavy atom. The maximum Gasteiger partial charge on any atom is 0.262 e. The number of thioether (sulfide) groups is 1. The van der Waals surface area contributed by atoms with Crippen molar-refractivity contribution in [2.24, 2.45) is 7.05 Å². The highest BCUT2D eigenvalue weighted by atomic mass is 35.5. The van der Waals surface area contributed by atoms with E-state index in [9.17, 15) is 9.59 Å². The summed E-state index contributed by atoms with van der Waals surface area (Å²) in [4.78, 5) is 32.1. The van der Waals surface area contributed by atoms with E-state index < -0.39 is 5.25 Å². The molecular weight excluding hydrogens is 402 g/mol. The summed E-state index contributed by atoms with van der Waals surface area (Å²) in [6.45, 7) is 1.80. The van der Waals surface area contributed by atoms with Crippen LogP contribution in [0.15, 0.2) is 34.2 Å². The second-order valence-corrected chi connectivity index (χ2v) is 9.38. The number of amides is 1. The number of nitrogens with zero attached hydrogens (tertiary/aromatic N) is 2. The zero-order valence-corrected chi connectivity index (χ0v) is 17.3. The summed E-state index contributed by atoms with van der Waals surface area (Å²) in [7, 11) is 1.72. The van der Waals surface area contributed by atoms with Gasteiger partial charge in [-0.25, -0.2) is 4.98 Å². The number of hydrogen-bond donors (Lipinski definition) is 1. The van der Waals surface area contributed by atoms with E-state index >= 15 is 0 Å². The molecule has 1 aliphatic rings. The van der Waals surface area contributed by atoms with Crippen LogP contribution in [0.2, 0.25) is 5.02 Å². The number of aromatic nitrogens is 2. The lowest BCUT2D eigenvalue weighted by Crippen LogP contribution is -2.25. The fourth-order valence-electron chi connectivity index (χ4n) is 3.23. The Hall–Kier alpha value is -1.83. The molecule has 0 aliphatic heterocycles. The van der Waals surface area contributed by atoms with Crippen LogP contribution in [0.25, 0.3) is 10.2 Å². The van der Waals surface area contributed by atoms with Crippen LogP contribution in [-0.4, -0.2) is 20.7 Å². The first-order valence-corrected chi connectivity index (χ1v) is 10.8. The SMILES string of the molecule is CC(Sc1nc2sc3c(c2c(=O)n1C)CCC3)C(=O)Nc1cccc(Cl)c1. The summed E-state index contributed by atoms with van der Waals surface area (Å²) in [5.74, 6) is -0.162. The number of carbonyl (C=O) groups is 1. The first kappa shape index (κ1) is 18.5. The van der Waals surface area contributed by atoms with Gasteiger partial charge in [-0.3, -0.25) is 14.2 Å². The van der Waals surface area contributed by atoms with E-state index in [-0.39, 0.29) is 11.5 Å². The summed E-state index contributed by atoms with van der Waals surface area (Å²) >= 11 is 8.85. The maximum atomic E-state index is 12.9. The molecule has 1 aromatic carbocycles. The van der Waals surface area contributed by atoms with Crippen LogP contribution in [0.3, 0.4) is 0 Å². The predicted octanol–water partition coefficient (Wildman–Crippen LogP) is 4.26. The monoisotopic (exact) mass is 419 g/mol. The number of fused-ring (bicyclic) bond motifs is 3. The van der Waals surface area contributed by atoms with Crippen molar-refractivity contribution >= 4 is 56.5 Å². The summed E-state index contributed by atoms with van der Waals surface area (Å²) in [6, 6.07) is 7.02. The molecule has 0 radical (unpaired) electrons. The minimum Gasteiger partial charge on any atom is -0.325 e. The smallest absolute Gasteiger partial charge is 0.262 e. The molecule has 0 spiro atoms. The van der Waals surface area contributed by atoms with Crippen LogP contribution in [0.5, 0.6) is 0 Å². The zero-order chi connectivity index (χ0) is 19.1. The van der Waals surface area contributed by atoms with Gasteiger partial charge in [0.25, 0.3) is 5.56 Å². The molecule has 3 aromatic rings. The number of halogens is 1. The van der Waals surface area contributed by atoms with Gasteiger partial charge in [0.1, 0.15) is 4.83 Å². The van der Waals surface area contributed by atoms with Crippen molar-refractivity contribution < 1.29 is 4.79 Å². The predicted molar refractivity (Wildman–Crippen MR) is 112 cm³/mol. The number of carbonyl (C=O) groups excluding carboxylic acids is 1. The zero-order valence-electron chi connectivity index (χ0n) is 14.9. The number of hydrogen-bond acceptors (Lipinski definition) is 5. The van der Waals surface area contributed by atoms with Crippen LogP contribution in [0.1, 0.15) is 23.8 Å². The normalized spacial score (nSPS) is 14.3. The van der Waals surface area contributed by atoms with Gasteiger partial charge < -0.3 is 5.32 Å². The lowest BCUT2D eigenvalue weighted by Gasteiger charge is -2.13. The molecule has 1 amide bonds. The van der Waals surface area contributed by atoms with Gasteiger partial charge in [0, 0.05) is 22.6 Å². The molecule has 5 nitrogen and oxygen atoms in total. The molecule has 0 fully saturated rings.